The zero-order valence-corrected chi connectivity index (χ0v) is 11.5. The van der Waals surface area contributed by atoms with Crippen LogP contribution in [0.2, 0.25) is 24.2 Å². The molecule has 1 fully saturated rings. The number of hydrogen-bond donors (Lipinski definition) is 0. The Hall–Kier alpha value is -0.693. The van der Waals surface area contributed by atoms with Crippen LogP contribution in [0.4, 0.5) is 0 Å². The highest BCUT2D eigenvalue weighted by Crippen LogP contribution is 2.59. The maximum atomic E-state index is 6.01. The van der Waals surface area contributed by atoms with Gasteiger partial charge in [0, 0.05) is 0 Å². The molecule has 3 aliphatic rings. The third-order valence-corrected chi connectivity index (χ3v) is 9.34. The molecule has 4 radical (unpaired) electrons. The molecule has 0 aromatic carbocycles. The molecular weight excluding hydrogens is 218 g/mol. The highest BCUT2D eigenvalue weighted by Gasteiger charge is 2.50. The van der Waals surface area contributed by atoms with Crippen molar-refractivity contribution in [2.45, 2.75) is 37.0 Å². The molecule has 1 heterocycles. The Kier molecular flexibility index (Phi) is 2.45. The van der Waals surface area contributed by atoms with Gasteiger partial charge in [-0.15, -0.1) is 10.9 Å². The van der Waals surface area contributed by atoms with E-state index in [1.807, 2.05) is 0 Å². The van der Waals surface area contributed by atoms with Crippen LogP contribution in [0.5, 0.6) is 0 Å². The van der Waals surface area contributed by atoms with E-state index in [0.29, 0.717) is 11.1 Å². The first-order valence-electron chi connectivity index (χ1n) is 6.33. The minimum absolute atomic E-state index is 0.697. The van der Waals surface area contributed by atoms with Gasteiger partial charge in [-0.1, -0.05) is 37.4 Å². The Morgan fingerprint density at radius 1 is 0.882 bits per heavy atom. The van der Waals surface area contributed by atoms with Crippen molar-refractivity contribution in [3.8, 4) is 0 Å². The quantitative estimate of drug-likeness (QED) is 0.564. The summed E-state index contributed by atoms with van der Waals surface area (Å²) in [7, 11) is 10.7. The van der Waals surface area contributed by atoms with Crippen LogP contribution in [0.1, 0.15) is 12.8 Å². The maximum Gasteiger partial charge on any atom is 0.107 e. The monoisotopic (exact) mass is 234 g/mol. The predicted octanol–water partition coefficient (Wildman–Crippen LogP) is 3.21. The molecule has 0 saturated carbocycles. The van der Waals surface area contributed by atoms with Crippen LogP contribution >= 0.6 is 0 Å². The van der Waals surface area contributed by atoms with E-state index in [2.05, 4.69) is 37.4 Å². The van der Waals surface area contributed by atoms with Gasteiger partial charge in [0.2, 0.25) is 0 Å². The number of fused-ring (bicyclic) bond motifs is 3. The fraction of sp³-hybridized carbons (Fsp3) is 0.429. The molecule has 3 heteroatoms. The molecule has 0 aromatic heterocycles. The minimum Gasteiger partial charge on any atom is -0.117 e. The summed E-state index contributed by atoms with van der Waals surface area (Å²) in [6.07, 6.45) is 10.8. The number of allylic oxidation sites excluding steroid dienone is 8. The summed E-state index contributed by atoms with van der Waals surface area (Å²) >= 11 is 0. The Balaban J connectivity index is 2.11. The van der Waals surface area contributed by atoms with E-state index in [0.717, 1.165) is 23.8 Å². The summed E-state index contributed by atoms with van der Waals surface area (Å²) in [5.41, 5.74) is 6.57. The van der Waals surface area contributed by atoms with Gasteiger partial charge < -0.3 is 0 Å². The van der Waals surface area contributed by atoms with Crippen LogP contribution in [0.3, 0.4) is 0 Å². The molecule has 0 bridgehead atoms. The fourth-order valence-electron chi connectivity index (χ4n) is 3.62. The van der Waals surface area contributed by atoms with Crippen LogP contribution in [-0.4, -0.2) is 23.8 Å². The van der Waals surface area contributed by atoms with Crippen molar-refractivity contribution in [1.29, 1.82) is 0 Å². The van der Waals surface area contributed by atoms with Crippen LogP contribution in [0, 0.1) is 0 Å². The fourth-order valence-corrected chi connectivity index (χ4v) is 7.76. The van der Waals surface area contributed by atoms with E-state index in [9.17, 15) is 0 Å². The highest BCUT2D eigenvalue weighted by molar-refractivity contribution is 6.83. The molecule has 2 atom stereocenters. The summed E-state index contributed by atoms with van der Waals surface area (Å²) < 4.78 is 0. The zero-order chi connectivity index (χ0) is 12.2. The molecule has 2 unspecified atom stereocenters. The summed E-state index contributed by atoms with van der Waals surface area (Å²) in [4.78, 5) is 0. The lowest BCUT2D eigenvalue weighted by Gasteiger charge is -2.33. The van der Waals surface area contributed by atoms with Crippen molar-refractivity contribution in [3.05, 3.63) is 46.4 Å². The molecule has 0 nitrogen and oxygen atoms in total. The lowest BCUT2D eigenvalue weighted by molar-refractivity contribution is 0.930. The second kappa shape index (κ2) is 3.65. The van der Waals surface area contributed by atoms with E-state index >= 15 is 0 Å². The van der Waals surface area contributed by atoms with Crippen LogP contribution in [0.15, 0.2) is 46.4 Å². The Bertz CT molecular complexity index is 450. The third-order valence-electron chi connectivity index (χ3n) is 4.71. The van der Waals surface area contributed by atoms with Gasteiger partial charge in [-0.05, 0) is 35.1 Å². The number of rotatable bonds is 0. The van der Waals surface area contributed by atoms with Crippen molar-refractivity contribution in [1.82, 2.24) is 0 Å². The van der Waals surface area contributed by atoms with Gasteiger partial charge in [0.25, 0.3) is 0 Å². The van der Waals surface area contributed by atoms with E-state index in [4.69, 9.17) is 15.7 Å². The first-order chi connectivity index (χ1) is 8.00. The van der Waals surface area contributed by atoms with Crippen LogP contribution in [-0.2, 0) is 0 Å². The molecule has 0 amide bonds. The summed E-state index contributed by atoms with van der Waals surface area (Å²) in [5, 5.41) is 0. The SMILES string of the molecule is [B]C1=CC=C2C3=CC=C([B])CC3[Si](C)(C)C2C1. The van der Waals surface area contributed by atoms with Gasteiger partial charge in [-0.25, -0.2) is 0 Å². The van der Waals surface area contributed by atoms with Crippen molar-refractivity contribution in [2.75, 3.05) is 0 Å². The topological polar surface area (TPSA) is 0 Å². The molecule has 2 aliphatic carbocycles. The van der Waals surface area contributed by atoms with E-state index in [-0.39, 0.29) is 0 Å². The van der Waals surface area contributed by atoms with Crippen LogP contribution < -0.4 is 0 Å². The molecule has 0 spiro atoms. The first-order valence-corrected chi connectivity index (χ1v) is 9.48. The van der Waals surface area contributed by atoms with Gasteiger partial charge in [-0.2, -0.15) is 0 Å². The molecular formula is C14H16B2Si. The van der Waals surface area contributed by atoms with Crippen molar-refractivity contribution >= 4 is 23.8 Å². The average molecular weight is 234 g/mol. The van der Waals surface area contributed by atoms with E-state index in [1.54, 1.807) is 11.1 Å². The molecule has 0 N–H and O–H groups in total. The van der Waals surface area contributed by atoms with Gasteiger partial charge >= 0.3 is 0 Å². The second-order valence-electron chi connectivity index (χ2n) is 6.06. The first kappa shape index (κ1) is 11.4. The lowest BCUT2D eigenvalue weighted by atomic mass is 9.79. The normalized spacial score (nSPS) is 34.0. The van der Waals surface area contributed by atoms with Gasteiger partial charge in [0.1, 0.15) is 15.7 Å². The standard InChI is InChI=1S/C14H16B2Si/c1-17(2)13-7-9(15)3-5-11(13)12-6-4-10(16)8-14(12)17/h3-6,13-14H,7-8H2,1-2H3. The molecule has 1 aliphatic heterocycles. The van der Waals surface area contributed by atoms with Crippen LogP contribution in [0.25, 0.3) is 0 Å². The summed E-state index contributed by atoms with van der Waals surface area (Å²) in [6, 6.07) is 0. The third kappa shape index (κ3) is 1.59. The largest absolute Gasteiger partial charge is 0.117 e. The zero-order valence-electron chi connectivity index (χ0n) is 10.5. The molecule has 82 valence electrons. The Morgan fingerprint density at radius 2 is 1.29 bits per heavy atom. The Morgan fingerprint density at radius 3 is 1.71 bits per heavy atom. The predicted molar refractivity (Wildman–Crippen MR) is 78.1 cm³/mol. The Labute approximate surface area is 107 Å². The second-order valence-corrected chi connectivity index (χ2v) is 11.1. The summed E-state index contributed by atoms with van der Waals surface area (Å²) in [6.45, 7) is 4.99. The maximum absolute atomic E-state index is 6.01. The molecule has 0 aromatic rings. The van der Waals surface area contributed by atoms with Crippen molar-refractivity contribution in [3.63, 3.8) is 0 Å². The van der Waals surface area contributed by atoms with Gasteiger partial charge in [0.05, 0.1) is 8.07 Å². The van der Waals surface area contributed by atoms with E-state index < -0.39 is 8.07 Å². The highest BCUT2D eigenvalue weighted by atomic mass is 28.3. The average Bonchev–Trinajstić information content (AvgIpc) is 2.49. The molecule has 3 rings (SSSR count). The summed E-state index contributed by atoms with van der Waals surface area (Å²) in [5.74, 6) is 0. The van der Waals surface area contributed by atoms with Gasteiger partial charge in [-0.3, -0.25) is 0 Å². The van der Waals surface area contributed by atoms with E-state index in [1.165, 1.54) is 0 Å². The number of hydrogen-bond acceptors (Lipinski definition) is 0. The minimum atomic E-state index is -1.33. The van der Waals surface area contributed by atoms with Crippen molar-refractivity contribution < 1.29 is 0 Å². The molecule has 17 heavy (non-hydrogen) atoms. The smallest absolute Gasteiger partial charge is 0.107 e. The molecule has 1 saturated heterocycles. The lowest BCUT2D eigenvalue weighted by Crippen LogP contribution is -2.34. The van der Waals surface area contributed by atoms with Crippen molar-refractivity contribution in [2.24, 2.45) is 0 Å². The van der Waals surface area contributed by atoms with Gasteiger partial charge in [0.15, 0.2) is 0 Å².